The standard InChI is InChI=1S/C15H16Cl2F3NO5S/c16-11-5-9(15(18,19)20)6-12(17)14(11)27(24,25)21-4-2-1-3-10(21)7-26-8-13(22)23/h5-6,10H,1-4,7-8H2,(H,22,23). The van der Waals surface area contributed by atoms with Gasteiger partial charge in [-0.2, -0.15) is 17.5 Å². The van der Waals surface area contributed by atoms with E-state index >= 15 is 0 Å². The summed E-state index contributed by atoms with van der Waals surface area (Å²) < 4.78 is 70.6. The number of benzene rings is 1. The first-order valence-corrected chi connectivity index (χ1v) is 10.0. The quantitative estimate of drug-likeness (QED) is 0.716. The number of piperidine rings is 1. The van der Waals surface area contributed by atoms with Crippen molar-refractivity contribution in [1.82, 2.24) is 4.31 Å². The zero-order chi connectivity index (χ0) is 20.4. The highest BCUT2D eigenvalue weighted by molar-refractivity contribution is 7.89. The molecule has 1 N–H and O–H groups in total. The van der Waals surface area contributed by atoms with E-state index in [1.54, 1.807) is 0 Å². The van der Waals surface area contributed by atoms with E-state index in [-0.39, 0.29) is 13.2 Å². The Kier molecular flexibility index (Phi) is 7.01. The van der Waals surface area contributed by atoms with E-state index in [1.165, 1.54) is 0 Å². The molecule has 1 aliphatic rings. The molecule has 0 radical (unpaired) electrons. The van der Waals surface area contributed by atoms with Crippen molar-refractivity contribution in [3.63, 3.8) is 0 Å². The SMILES string of the molecule is O=C(O)COCC1CCCCN1S(=O)(=O)c1c(Cl)cc(C(F)(F)F)cc1Cl. The van der Waals surface area contributed by atoms with Crippen LogP contribution in [-0.2, 0) is 25.7 Å². The molecule has 0 spiro atoms. The van der Waals surface area contributed by atoms with Crippen LogP contribution in [0, 0.1) is 0 Å². The van der Waals surface area contributed by atoms with Crippen LogP contribution in [0.4, 0.5) is 13.2 Å². The highest BCUT2D eigenvalue weighted by atomic mass is 35.5. The Labute approximate surface area is 163 Å². The summed E-state index contributed by atoms with van der Waals surface area (Å²) in [6, 6.07) is 0.359. The van der Waals surface area contributed by atoms with Gasteiger partial charge in [0.2, 0.25) is 10.0 Å². The molecule has 0 bridgehead atoms. The molecule has 1 aromatic rings. The summed E-state index contributed by atoms with van der Waals surface area (Å²) in [5.41, 5.74) is -1.16. The van der Waals surface area contributed by atoms with E-state index < -0.39 is 55.3 Å². The van der Waals surface area contributed by atoms with Crippen molar-refractivity contribution in [2.24, 2.45) is 0 Å². The number of carbonyl (C=O) groups is 1. The fourth-order valence-electron chi connectivity index (χ4n) is 2.83. The Hall–Kier alpha value is -1.07. The van der Waals surface area contributed by atoms with Gasteiger partial charge in [0.25, 0.3) is 0 Å². The molecular formula is C15H16Cl2F3NO5S. The van der Waals surface area contributed by atoms with E-state index in [0.29, 0.717) is 31.4 Å². The number of sulfonamides is 1. The first-order valence-electron chi connectivity index (χ1n) is 7.82. The third-order valence-corrected chi connectivity index (χ3v) is 6.88. The van der Waals surface area contributed by atoms with Gasteiger partial charge in [0.05, 0.1) is 22.2 Å². The fourth-order valence-corrected chi connectivity index (χ4v) is 5.67. The van der Waals surface area contributed by atoms with Crippen LogP contribution < -0.4 is 0 Å². The van der Waals surface area contributed by atoms with Gasteiger partial charge in [-0.05, 0) is 25.0 Å². The van der Waals surface area contributed by atoms with Crippen LogP contribution >= 0.6 is 23.2 Å². The first kappa shape index (κ1) is 22.2. The molecule has 2 rings (SSSR count). The van der Waals surface area contributed by atoms with E-state index in [1.807, 2.05) is 0 Å². The van der Waals surface area contributed by atoms with E-state index in [0.717, 1.165) is 4.31 Å². The lowest BCUT2D eigenvalue weighted by Crippen LogP contribution is -2.46. The van der Waals surface area contributed by atoms with Gasteiger partial charge in [0, 0.05) is 12.6 Å². The van der Waals surface area contributed by atoms with Gasteiger partial charge in [0.15, 0.2) is 0 Å². The molecule has 0 saturated carbocycles. The third kappa shape index (κ3) is 5.26. The predicted molar refractivity (Wildman–Crippen MR) is 91.4 cm³/mol. The van der Waals surface area contributed by atoms with Gasteiger partial charge >= 0.3 is 12.1 Å². The van der Waals surface area contributed by atoms with E-state index in [4.69, 9.17) is 33.0 Å². The average molecular weight is 450 g/mol. The van der Waals surface area contributed by atoms with Crippen molar-refractivity contribution in [2.75, 3.05) is 19.8 Å². The van der Waals surface area contributed by atoms with Gasteiger partial charge in [-0.1, -0.05) is 29.6 Å². The minimum Gasteiger partial charge on any atom is -0.480 e. The maximum Gasteiger partial charge on any atom is 0.416 e. The largest absolute Gasteiger partial charge is 0.480 e. The molecule has 1 atom stereocenters. The summed E-state index contributed by atoms with van der Waals surface area (Å²) in [6.07, 6.45) is -3.09. The zero-order valence-electron chi connectivity index (χ0n) is 13.8. The highest BCUT2D eigenvalue weighted by Gasteiger charge is 2.38. The van der Waals surface area contributed by atoms with Crippen molar-refractivity contribution in [3.05, 3.63) is 27.7 Å². The molecule has 27 heavy (non-hydrogen) atoms. The molecule has 1 unspecified atom stereocenters. The van der Waals surface area contributed by atoms with Crippen LogP contribution in [0.1, 0.15) is 24.8 Å². The Bertz CT molecular complexity index is 793. The summed E-state index contributed by atoms with van der Waals surface area (Å²) >= 11 is 11.7. The van der Waals surface area contributed by atoms with E-state index in [9.17, 15) is 26.4 Å². The Morgan fingerprint density at radius 2 is 1.85 bits per heavy atom. The summed E-state index contributed by atoms with van der Waals surface area (Å²) in [4.78, 5) is 9.95. The molecular weight excluding hydrogens is 434 g/mol. The number of carboxylic acids is 1. The molecule has 0 aliphatic carbocycles. The van der Waals surface area contributed by atoms with Crippen LogP contribution in [0.5, 0.6) is 0 Å². The average Bonchev–Trinajstić information content (AvgIpc) is 2.53. The molecule has 12 heteroatoms. The fraction of sp³-hybridized carbons (Fsp3) is 0.533. The number of ether oxygens (including phenoxy) is 1. The molecule has 0 aromatic heterocycles. The minimum atomic E-state index is -4.73. The third-order valence-electron chi connectivity index (χ3n) is 4.00. The molecule has 1 heterocycles. The molecule has 6 nitrogen and oxygen atoms in total. The van der Waals surface area contributed by atoms with Crippen molar-refractivity contribution in [1.29, 1.82) is 0 Å². The second-order valence-corrected chi connectivity index (χ2v) is 8.58. The second kappa shape index (κ2) is 8.52. The van der Waals surface area contributed by atoms with Gasteiger partial charge in [-0.25, -0.2) is 13.2 Å². The van der Waals surface area contributed by atoms with Crippen LogP contribution in [0.25, 0.3) is 0 Å². The number of carboxylic acid groups (broad SMARTS) is 1. The predicted octanol–water partition coefficient (Wildman–Crippen LogP) is 3.66. The van der Waals surface area contributed by atoms with Crippen LogP contribution in [0.3, 0.4) is 0 Å². The number of alkyl halides is 3. The van der Waals surface area contributed by atoms with Crippen LogP contribution in [-0.4, -0.2) is 49.6 Å². The second-order valence-electron chi connectivity index (χ2n) is 5.94. The number of halogens is 5. The number of hydrogen-bond acceptors (Lipinski definition) is 4. The summed E-state index contributed by atoms with van der Waals surface area (Å²) in [5.74, 6) is -1.20. The Morgan fingerprint density at radius 1 is 1.26 bits per heavy atom. The first-order chi connectivity index (χ1) is 12.4. The maximum absolute atomic E-state index is 13.0. The lowest BCUT2D eigenvalue weighted by molar-refractivity contribution is -0.142. The minimum absolute atomic E-state index is 0.0944. The zero-order valence-corrected chi connectivity index (χ0v) is 16.1. The van der Waals surface area contributed by atoms with Gasteiger partial charge in [-0.15, -0.1) is 0 Å². The van der Waals surface area contributed by atoms with Crippen molar-refractivity contribution in [3.8, 4) is 0 Å². The van der Waals surface area contributed by atoms with Gasteiger partial charge in [-0.3, -0.25) is 0 Å². The van der Waals surface area contributed by atoms with Crippen molar-refractivity contribution in [2.45, 2.75) is 36.4 Å². The lowest BCUT2D eigenvalue weighted by atomic mass is 10.1. The summed E-state index contributed by atoms with van der Waals surface area (Å²) in [6.45, 7) is -0.662. The number of hydrogen-bond donors (Lipinski definition) is 1. The normalized spacial score (nSPS) is 19.2. The number of aliphatic carboxylic acids is 1. The topological polar surface area (TPSA) is 83.9 Å². The lowest BCUT2D eigenvalue weighted by Gasteiger charge is -2.34. The Morgan fingerprint density at radius 3 is 2.37 bits per heavy atom. The molecule has 1 aliphatic heterocycles. The van der Waals surface area contributed by atoms with Gasteiger partial charge < -0.3 is 9.84 Å². The van der Waals surface area contributed by atoms with Crippen LogP contribution in [0.15, 0.2) is 17.0 Å². The molecule has 152 valence electrons. The summed E-state index contributed by atoms with van der Waals surface area (Å²) in [7, 11) is -4.31. The van der Waals surface area contributed by atoms with E-state index in [2.05, 4.69) is 0 Å². The monoisotopic (exact) mass is 449 g/mol. The highest BCUT2D eigenvalue weighted by Crippen LogP contribution is 2.39. The van der Waals surface area contributed by atoms with Crippen LogP contribution in [0.2, 0.25) is 10.0 Å². The smallest absolute Gasteiger partial charge is 0.416 e. The van der Waals surface area contributed by atoms with Gasteiger partial charge in [0.1, 0.15) is 11.5 Å². The molecule has 1 fully saturated rings. The number of rotatable bonds is 6. The molecule has 0 amide bonds. The molecule has 1 saturated heterocycles. The molecule has 1 aromatic carbocycles. The van der Waals surface area contributed by atoms with Crippen molar-refractivity contribution >= 4 is 39.2 Å². The Balaban J connectivity index is 2.36. The number of nitrogens with zero attached hydrogens (tertiary/aromatic N) is 1. The summed E-state index contributed by atoms with van der Waals surface area (Å²) in [5, 5.41) is 7.36. The van der Waals surface area contributed by atoms with Crippen molar-refractivity contribution < 1.29 is 36.2 Å². The maximum atomic E-state index is 13.0.